The van der Waals surface area contributed by atoms with Crippen molar-refractivity contribution in [3.63, 3.8) is 0 Å². The van der Waals surface area contributed by atoms with E-state index < -0.39 is 0 Å². The number of nitrogens with one attached hydrogen (secondary N) is 2. The van der Waals surface area contributed by atoms with E-state index in [-0.39, 0.29) is 5.91 Å². The molecule has 20 heavy (non-hydrogen) atoms. The Hall–Kier alpha value is -1.71. The maximum Gasteiger partial charge on any atom is 0.253 e. The first-order chi connectivity index (χ1) is 9.70. The highest BCUT2D eigenvalue weighted by atomic mass is 16.1. The highest BCUT2D eigenvalue weighted by Crippen LogP contribution is 2.24. The Morgan fingerprint density at radius 1 is 1.15 bits per heavy atom. The quantitative estimate of drug-likeness (QED) is 0.742. The molecular formula is C16H25N3O. The molecular weight excluding hydrogens is 250 g/mol. The summed E-state index contributed by atoms with van der Waals surface area (Å²) in [4.78, 5) is 11.9. The molecule has 0 aliphatic heterocycles. The van der Waals surface area contributed by atoms with Crippen molar-refractivity contribution in [1.29, 1.82) is 0 Å². The van der Waals surface area contributed by atoms with E-state index in [2.05, 4.69) is 10.6 Å². The summed E-state index contributed by atoms with van der Waals surface area (Å²) < 4.78 is 0. The predicted molar refractivity (Wildman–Crippen MR) is 84.0 cm³/mol. The monoisotopic (exact) mass is 275 g/mol. The number of hydrogen-bond donors (Lipinski definition) is 3. The average Bonchev–Trinajstić information content (AvgIpc) is 2.41. The van der Waals surface area contributed by atoms with E-state index in [1.807, 2.05) is 6.07 Å². The minimum absolute atomic E-state index is 0.0710. The van der Waals surface area contributed by atoms with Gasteiger partial charge in [-0.3, -0.25) is 4.79 Å². The van der Waals surface area contributed by atoms with Gasteiger partial charge in [0, 0.05) is 24.5 Å². The number of amides is 1. The van der Waals surface area contributed by atoms with E-state index in [9.17, 15) is 4.79 Å². The molecule has 1 saturated carbocycles. The van der Waals surface area contributed by atoms with Crippen LogP contribution in [0.4, 0.5) is 11.4 Å². The van der Waals surface area contributed by atoms with Gasteiger partial charge >= 0.3 is 0 Å². The lowest BCUT2D eigenvalue weighted by Crippen LogP contribution is -2.25. The number of benzene rings is 1. The Bertz CT molecular complexity index is 451. The van der Waals surface area contributed by atoms with Crippen LogP contribution in [0.2, 0.25) is 0 Å². The lowest BCUT2D eigenvalue weighted by molar-refractivity contribution is 0.0964. The van der Waals surface area contributed by atoms with Crippen LogP contribution in [0.3, 0.4) is 0 Å². The fourth-order valence-electron chi connectivity index (χ4n) is 2.83. The van der Waals surface area contributed by atoms with Gasteiger partial charge in [0.1, 0.15) is 0 Å². The number of nitrogens with two attached hydrogens (primary N) is 1. The molecule has 4 heteroatoms. The van der Waals surface area contributed by atoms with E-state index in [0.717, 1.165) is 5.69 Å². The molecule has 1 fully saturated rings. The van der Waals surface area contributed by atoms with Crippen molar-refractivity contribution in [2.75, 3.05) is 18.1 Å². The van der Waals surface area contributed by atoms with Crippen molar-refractivity contribution >= 4 is 17.3 Å². The summed E-state index contributed by atoms with van der Waals surface area (Å²) in [5.41, 5.74) is 8.07. The largest absolute Gasteiger partial charge is 0.399 e. The SMILES string of the molecule is CNC(=O)c1ccc(N)cc1NC1CCCCCCC1. The maximum atomic E-state index is 11.9. The van der Waals surface area contributed by atoms with Crippen LogP contribution in [0.25, 0.3) is 0 Å². The van der Waals surface area contributed by atoms with Gasteiger partial charge < -0.3 is 16.4 Å². The molecule has 0 aromatic heterocycles. The van der Waals surface area contributed by atoms with Gasteiger partial charge in [-0.1, -0.05) is 32.1 Å². The van der Waals surface area contributed by atoms with Gasteiger partial charge in [0.2, 0.25) is 0 Å². The van der Waals surface area contributed by atoms with Gasteiger partial charge in [0.05, 0.1) is 5.56 Å². The molecule has 4 nitrogen and oxygen atoms in total. The second-order valence-corrected chi connectivity index (χ2v) is 5.57. The minimum Gasteiger partial charge on any atom is -0.399 e. The van der Waals surface area contributed by atoms with Gasteiger partial charge in [-0.15, -0.1) is 0 Å². The third kappa shape index (κ3) is 3.89. The molecule has 1 amide bonds. The summed E-state index contributed by atoms with van der Waals surface area (Å²) in [7, 11) is 1.65. The first kappa shape index (κ1) is 14.7. The summed E-state index contributed by atoms with van der Waals surface area (Å²) in [5, 5.41) is 6.21. The van der Waals surface area contributed by atoms with Crippen LogP contribution in [0.15, 0.2) is 18.2 Å². The average molecular weight is 275 g/mol. The summed E-state index contributed by atoms with van der Waals surface area (Å²) >= 11 is 0. The van der Waals surface area contributed by atoms with E-state index >= 15 is 0 Å². The topological polar surface area (TPSA) is 67.2 Å². The Balaban J connectivity index is 2.13. The number of anilines is 2. The normalized spacial score (nSPS) is 17.1. The van der Waals surface area contributed by atoms with Crippen LogP contribution < -0.4 is 16.4 Å². The van der Waals surface area contributed by atoms with E-state index in [0.29, 0.717) is 17.3 Å². The summed E-state index contributed by atoms with van der Waals surface area (Å²) in [6.07, 6.45) is 8.85. The molecule has 1 aromatic rings. The fourth-order valence-corrected chi connectivity index (χ4v) is 2.83. The molecule has 0 spiro atoms. The van der Waals surface area contributed by atoms with E-state index in [4.69, 9.17) is 5.73 Å². The Labute approximate surface area is 121 Å². The Morgan fingerprint density at radius 3 is 2.45 bits per heavy atom. The number of rotatable bonds is 3. The summed E-state index contributed by atoms with van der Waals surface area (Å²) in [6, 6.07) is 5.87. The zero-order valence-electron chi connectivity index (χ0n) is 12.2. The smallest absolute Gasteiger partial charge is 0.253 e. The second kappa shape index (κ2) is 7.17. The molecule has 4 N–H and O–H groups in total. The number of hydrogen-bond acceptors (Lipinski definition) is 3. The molecule has 1 aromatic carbocycles. The van der Waals surface area contributed by atoms with Crippen molar-refractivity contribution in [1.82, 2.24) is 5.32 Å². The zero-order valence-corrected chi connectivity index (χ0v) is 12.2. The molecule has 0 saturated heterocycles. The standard InChI is InChI=1S/C16H25N3O/c1-18-16(20)14-10-9-12(17)11-15(14)19-13-7-5-3-2-4-6-8-13/h9-11,13,19H,2-8,17H2,1H3,(H,18,20). The molecule has 0 atom stereocenters. The second-order valence-electron chi connectivity index (χ2n) is 5.57. The van der Waals surface area contributed by atoms with Crippen LogP contribution in [-0.4, -0.2) is 19.0 Å². The number of carbonyl (C=O) groups excluding carboxylic acids is 1. The number of carbonyl (C=O) groups is 1. The van der Waals surface area contributed by atoms with Crippen LogP contribution in [0, 0.1) is 0 Å². The van der Waals surface area contributed by atoms with Crippen molar-refractivity contribution in [3.8, 4) is 0 Å². The third-order valence-corrected chi connectivity index (χ3v) is 3.98. The Kier molecular flexibility index (Phi) is 5.27. The lowest BCUT2D eigenvalue weighted by Gasteiger charge is -2.23. The van der Waals surface area contributed by atoms with Gasteiger partial charge in [0.15, 0.2) is 0 Å². The van der Waals surface area contributed by atoms with E-state index in [1.54, 1.807) is 19.2 Å². The third-order valence-electron chi connectivity index (χ3n) is 3.98. The molecule has 0 unspecified atom stereocenters. The highest BCUT2D eigenvalue weighted by molar-refractivity contribution is 6.00. The number of nitrogen functional groups attached to an aromatic ring is 1. The zero-order chi connectivity index (χ0) is 14.4. The summed E-state index contributed by atoms with van der Waals surface area (Å²) in [6.45, 7) is 0. The van der Waals surface area contributed by atoms with Crippen LogP contribution in [0.1, 0.15) is 55.3 Å². The van der Waals surface area contributed by atoms with Crippen molar-refractivity contribution in [2.45, 2.75) is 51.0 Å². The van der Waals surface area contributed by atoms with Crippen molar-refractivity contribution < 1.29 is 4.79 Å². The van der Waals surface area contributed by atoms with Crippen molar-refractivity contribution in [3.05, 3.63) is 23.8 Å². The minimum atomic E-state index is -0.0710. The van der Waals surface area contributed by atoms with Crippen molar-refractivity contribution in [2.24, 2.45) is 0 Å². The lowest BCUT2D eigenvalue weighted by atomic mass is 9.96. The van der Waals surface area contributed by atoms with Gasteiger partial charge in [-0.25, -0.2) is 0 Å². The molecule has 0 radical (unpaired) electrons. The molecule has 1 aliphatic carbocycles. The van der Waals surface area contributed by atoms with Crippen LogP contribution in [0.5, 0.6) is 0 Å². The first-order valence-corrected chi connectivity index (χ1v) is 7.59. The van der Waals surface area contributed by atoms with Gasteiger partial charge in [-0.05, 0) is 31.0 Å². The maximum absolute atomic E-state index is 11.9. The Morgan fingerprint density at radius 2 is 1.80 bits per heavy atom. The van der Waals surface area contributed by atoms with E-state index in [1.165, 1.54) is 44.9 Å². The first-order valence-electron chi connectivity index (χ1n) is 7.59. The predicted octanol–water partition coefficient (Wildman–Crippen LogP) is 3.15. The van der Waals surface area contributed by atoms with Gasteiger partial charge in [0.25, 0.3) is 5.91 Å². The van der Waals surface area contributed by atoms with Crippen LogP contribution in [-0.2, 0) is 0 Å². The molecule has 110 valence electrons. The fraction of sp³-hybridized carbons (Fsp3) is 0.562. The molecule has 2 rings (SSSR count). The summed E-state index contributed by atoms with van der Waals surface area (Å²) in [5.74, 6) is -0.0710. The molecule has 0 heterocycles. The van der Waals surface area contributed by atoms with Crippen LogP contribution >= 0.6 is 0 Å². The molecule has 0 bridgehead atoms. The molecule has 1 aliphatic rings. The van der Waals surface area contributed by atoms with Gasteiger partial charge in [-0.2, -0.15) is 0 Å². The highest BCUT2D eigenvalue weighted by Gasteiger charge is 2.15.